The average Bonchev–Trinajstić information content (AvgIpc) is 2.84. The van der Waals surface area contributed by atoms with Gasteiger partial charge in [0.1, 0.15) is 6.33 Å². The highest BCUT2D eigenvalue weighted by Crippen LogP contribution is 2.24. The molecule has 0 aliphatic heterocycles. The highest BCUT2D eigenvalue weighted by atomic mass is 16.5. The van der Waals surface area contributed by atoms with Gasteiger partial charge in [0.25, 0.3) is 0 Å². The highest BCUT2D eigenvalue weighted by Gasteiger charge is 2.14. The Bertz CT molecular complexity index is 333. The number of rotatable bonds is 7. The summed E-state index contributed by atoms with van der Waals surface area (Å²) < 4.78 is 6.98. The molecule has 0 atom stereocenters. The zero-order chi connectivity index (χ0) is 12.6. The lowest BCUT2D eigenvalue weighted by Crippen LogP contribution is -2.19. The Labute approximate surface area is 109 Å². The zero-order valence-corrected chi connectivity index (χ0v) is 11.3. The third kappa shape index (κ3) is 4.38. The fourth-order valence-corrected chi connectivity index (χ4v) is 2.51. The summed E-state index contributed by atoms with van der Waals surface area (Å²) in [5.74, 6) is 1.68. The van der Waals surface area contributed by atoms with Crippen molar-refractivity contribution in [2.75, 3.05) is 20.3 Å². The van der Waals surface area contributed by atoms with Gasteiger partial charge in [-0.05, 0) is 18.8 Å². The molecule has 0 saturated heterocycles. The van der Waals surface area contributed by atoms with Gasteiger partial charge in [-0.25, -0.2) is 4.98 Å². The maximum absolute atomic E-state index is 4.98. The van der Waals surface area contributed by atoms with E-state index in [0.29, 0.717) is 0 Å². The molecule has 0 aromatic carbocycles. The van der Waals surface area contributed by atoms with Crippen molar-refractivity contribution in [2.45, 2.75) is 45.2 Å². The number of nitrogens with one attached hydrogen (secondary N) is 1. The highest BCUT2D eigenvalue weighted by molar-refractivity contribution is 4.81. The molecule has 1 aliphatic carbocycles. The predicted octanol–water partition coefficient (Wildman–Crippen LogP) is 1.59. The van der Waals surface area contributed by atoms with E-state index in [4.69, 9.17) is 4.74 Å². The third-order valence-electron chi connectivity index (χ3n) is 3.52. The van der Waals surface area contributed by atoms with Gasteiger partial charge in [0, 0.05) is 20.2 Å². The van der Waals surface area contributed by atoms with Gasteiger partial charge in [-0.3, -0.25) is 4.68 Å². The summed E-state index contributed by atoms with van der Waals surface area (Å²) in [6.07, 6.45) is 8.72. The van der Waals surface area contributed by atoms with Crippen molar-refractivity contribution in [1.82, 2.24) is 20.1 Å². The molecule has 5 nitrogen and oxygen atoms in total. The number of methoxy groups -OCH3 is 1. The first-order valence-electron chi connectivity index (χ1n) is 6.96. The van der Waals surface area contributed by atoms with Crippen LogP contribution in [0.15, 0.2) is 6.33 Å². The van der Waals surface area contributed by atoms with E-state index in [1.54, 1.807) is 7.11 Å². The van der Waals surface area contributed by atoms with Crippen molar-refractivity contribution in [1.29, 1.82) is 0 Å². The maximum Gasteiger partial charge on any atom is 0.164 e. The summed E-state index contributed by atoms with van der Waals surface area (Å²) in [5.41, 5.74) is 0. The molecule has 0 amide bonds. The Morgan fingerprint density at radius 2 is 2.22 bits per heavy atom. The van der Waals surface area contributed by atoms with Crippen LogP contribution in [0.25, 0.3) is 0 Å². The smallest absolute Gasteiger partial charge is 0.164 e. The topological polar surface area (TPSA) is 52.0 Å². The summed E-state index contributed by atoms with van der Waals surface area (Å²) in [4.78, 5) is 4.33. The number of hydrogen-bond donors (Lipinski definition) is 1. The van der Waals surface area contributed by atoms with Crippen molar-refractivity contribution in [2.24, 2.45) is 5.92 Å². The second-order valence-corrected chi connectivity index (χ2v) is 5.06. The number of ether oxygens (including phenoxy) is 1. The van der Waals surface area contributed by atoms with Crippen molar-refractivity contribution in [3.8, 4) is 0 Å². The van der Waals surface area contributed by atoms with Gasteiger partial charge in [-0.2, -0.15) is 5.10 Å². The SMILES string of the molecule is COCCNCc1ncn(CC2CCCCC2)n1. The monoisotopic (exact) mass is 252 g/mol. The summed E-state index contributed by atoms with van der Waals surface area (Å²) in [7, 11) is 1.71. The van der Waals surface area contributed by atoms with Crippen LogP contribution in [0, 0.1) is 5.92 Å². The van der Waals surface area contributed by atoms with E-state index < -0.39 is 0 Å². The lowest BCUT2D eigenvalue weighted by Gasteiger charge is -2.20. The second-order valence-electron chi connectivity index (χ2n) is 5.06. The predicted molar refractivity (Wildman–Crippen MR) is 70.2 cm³/mol. The molecule has 1 aliphatic rings. The molecule has 0 unspecified atom stereocenters. The second kappa shape index (κ2) is 7.48. The van der Waals surface area contributed by atoms with E-state index in [1.165, 1.54) is 32.1 Å². The molecule has 102 valence electrons. The Hall–Kier alpha value is -0.940. The quantitative estimate of drug-likeness (QED) is 0.749. The lowest BCUT2D eigenvalue weighted by atomic mass is 9.89. The molecule has 1 aromatic heterocycles. The van der Waals surface area contributed by atoms with Gasteiger partial charge in [-0.1, -0.05) is 19.3 Å². The van der Waals surface area contributed by atoms with Gasteiger partial charge in [0.05, 0.1) is 13.2 Å². The molecule has 0 radical (unpaired) electrons. The van der Waals surface area contributed by atoms with Crippen LogP contribution in [-0.2, 0) is 17.8 Å². The van der Waals surface area contributed by atoms with E-state index >= 15 is 0 Å². The van der Waals surface area contributed by atoms with Crippen molar-refractivity contribution in [3.05, 3.63) is 12.2 Å². The summed E-state index contributed by atoms with van der Waals surface area (Å²) in [6, 6.07) is 0. The average molecular weight is 252 g/mol. The molecule has 18 heavy (non-hydrogen) atoms. The Balaban J connectivity index is 1.71. The summed E-state index contributed by atoms with van der Waals surface area (Å²) >= 11 is 0. The van der Waals surface area contributed by atoms with Crippen molar-refractivity contribution >= 4 is 0 Å². The molecular weight excluding hydrogens is 228 g/mol. The van der Waals surface area contributed by atoms with E-state index in [2.05, 4.69) is 15.4 Å². The fourth-order valence-electron chi connectivity index (χ4n) is 2.51. The van der Waals surface area contributed by atoms with Gasteiger partial charge in [0.15, 0.2) is 5.82 Å². The largest absolute Gasteiger partial charge is 0.383 e. The van der Waals surface area contributed by atoms with Crippen LogP contribution < -0.4 is 5.32 Å². The molecule has 1 heterocycles. The van der Waals surface area contributed by atoms with E-state index in [-0.39, 0.29) is 0 Å². The molecule has 1 N–H and O–H groups in total. The van der Waals surface area contributed by atoms with Crippen molar-refractivity contribution < 1.29 is 4.74 Å². The first kappa shape index (κ1) is 13.5. The summed E-state index contributed by atoms with van der Waals surface area (Å²) in [6.45, 7) is 3.32. The van der Waals surface area contributed by atoms with Crippen LogP contribution in [0.1, 0.15) is 37.9 Å². The fraction of sp³-hybridized carbons (Fsp3) is 0.846. The van der Waals surface area contributed by atoms with Crippen LogP contribution in [-0.4, -0.2) is 35.0 Å². The van der Waals surface area contributed by atoms with Crippen LogP contribution in [0.5, 0.6) is 0 Å². The number of aromatic nitrogens is 3. The Kier molecular flexibility index (Phi) is 5.61. The molecule has 1 aromatic rings. The van der Waals surface area contributed by atoms with Crippen LogP contribution in [0.2, 0.25) is 0 Å². The minimum Gasteiger partial charge on any atom is -0.383 e. The first-order valence-corrected chi connectivity index (χ1v) is 6.96. The minimum atomic E-state index is 0.723. The van der Waals surface area contributed by atoms with Crippen molar-refractivity contribution in [3.63, 3.8) is 0 Å². The van der Waals surface area contributed by atoms with Gasteiger partial charge < -0.3 is 10.1 Å². The third-order valence-corrected chi connectivity index (χ3v) is 3.52. The number of hydrogen-bond acceptors (Lipinski definition) is 4. The molecule has 1 fully saturated rings. The Morgan fingerprint density at radius 1 is 1.39 bits per heavy atom. The molecule has 5 heteroatoms. The van der Waals surface area contributed by atoms with E-state index in [1.807, 2.05) is 11.0 Å². The standard InChI is InChI=1S/C13H24N4O/c1-18-8-7-14-9-13-15-11-17(16-13)10-12-5-3-2-4-6-12/h11-12,14H,2-10H2,1H3. The van der Waals surface area contributed by atoms with Crippen LogP contribution in [0.4, 0.5) is 0 Å². The van der Waals surface area contributed by atoms with Gasteiger partial charge >= 0.3 is 0 Å². The van der Waals surface area contributed by atoms with Gasteiger partial charge in [0.2, 0.25) is 0 Å². The van der Waals surface area contributed by atoms with Gasteiger partial charge in [-0.15, -0.1) is 0 Å². The molecule has 1 saturated carbocycles. The molecule has 0 spiro atoms. The van der Waals surface area contributed by atoms with E-state index in [9.17, 15) is 0 Å². The lowest BCUT2D eigenvalue weighted by molar-refractivity contribution is 0.199. The minimum absolute atomic E-state index is 0.723. The summed E-state index contributed by atoms with van der Waals surface area (Å²) in [5, 5.41) is 7.76. The first-order chi connectivity index (χ1) is 8.88. The van der Waals surface area contributed by atoms with E-state index in [0.717, 1.165) is 38.0 Å². The molecular formula is C13H24N4O. The normalized spacial score (nSPS) is 17.2. The zero-order valence-electron chi connectivity index (χ0n) is 11.3. The number of nitrogens with zero attached hydrogens (tertiary/aromatic N) is 3. The molecule has 2 rings (SSSR count). The Morgan fingerprint density at radius 3 is 3.00 bits per heavy atom. The van der Waals surface area contributed by atoms with Crippen LogP contribution >= 0.6 is 0 Å². The maximum atomic E-state index is 4.98. The molecule has 0 bridgehead atoms. The van der Waals surface area contributed by atoms with Crippen LogP contribution in [0.3, 0.4) is 0 Å².